The Bertz CT molecular complexity index is 368. The zero-order valence-corrected chi connectivity index (χ0v) is 10.7. The highest BCUT2D eigenvalue weighted by molar-refractivity contribution is 5.17. The molecular formula is C15H22N2. The highest BCUT2D eigenvalue weighted by atomic mass is 14.9. The van der Waals surface area contributed by atoms with Crippen LogP contribution in [-0.4, -0.2) is 11.5 Å². The number of rotatable bonds is 6. The zero-order chi connectivity index (χ0) is 11.7. The van der Waals surface area contributed by atoms with Gasteiger partial charge in [0.05, 0.1) is 5.69 Å². The van der Waals surface area contributed by atoms with E-state index in [0.717, 1.165) is 24.3 Å². The third-order valence-electron chi connectivity index (χ3n) is 4.25. The van der Waals surface area contributed by atoms with Crippen molar-refractivity contribution in [1.29, 1.82) is 0 Å². The maximum Gasteiger partial charge on any atom is 0.0570 e. The predicted molar refractivity (Wildman–Crippen MR) is 69.6 cm³/mol. The molecule has 0 radical (unpaired) electrons. The summed E-state index contributed by atoms with van der Waals surface area (Å²) in [5, 5.41) is 3.62. The van der Waals surface area contributed by atoms with Crippen LogP contribution < -0.4 is 5.32 Å². The maximum absolute atomic E-state index is 4.43. The Morgan fingerprint density at radius 3 is 2.59 bits per heavy atom. The highest BCUT2D eigenvalue weighted by Crippen LogP contribution is 2.48. The summed E-state index contributed by atoms with van der Waals surface area (Å²) in [6.07, 6.45) is 7.80. The van der Waals surface area contributed by atoms with Gasteiger partial charge in [-0.15, -0.1) is 0 Å². The third-order valence-corrected chi connectivity index (χ3v) is 4.25. The van der Waals surface area contributed by atoms with Gasteiger partial charge in [0, 0.05) is 12.7 Å². The predicted octanol–water partition coefficient (Wildman–Crippen LogP) is 2.92. The SMILES string of the molecule is Cc1cccnc1CNCC(C1CC1)C1CC1. The summed E-state index contributed by atoms with van der Waals surface area (Å²) in [4.78, 5) is 4.43. The van der Waals surface area contributed by atoms with Gasteiger partial charge in [0.2, 0.25) is 0 Å². The molecular weight excluding hydrogens is 208 g/mol. The lowest BCUT2D eigenvalue weighted by atomic mass is 9.98. The van der Waals surface area contributed by atoms with Crippen LogP contribution in [0.25, 0.3) is 0 Å². The van der Waals surface area contributed by atoms with Crippen molar-refractivity contribution in [3.8, 4) is 0 Å². The van der Waals surface area contributed by atoms with Crippen molar-refractivity contribution >= 4 is 0 Å². The molecule has 2 aliphatic rings. The van der Waals surface area contributed by atoms with Gasteiger partial charge in [-0.25, -0.2) is 0 Å². The lowest BCUT2D eigenvalue weighted by molar-refractivity contribution is 0.377. The van der Waals surface area contributed by atoms with Crippen molar-refractivity contribution in [2.24, 2.45) is 17.8 Å². The van der Waals surface area contributed by atoms with Gasteiger partial charge in [0.25, 0.3) is 0 Å². The van der Waals surface area contributed by atoms with Crippen LogP contribution in [0.15, 0.2) is 18.3 Å². The van der Waals surface area contributed by atoms with Crippen LogP contribution in [0.4, 0.5) is 0 Å². The van der Waals surface area contributed by atoms with Crippen molar-refractivity contribution < 1.29 is 0 Å². The van der Waals surface area contributed by atoms with E-state index in [-0.39, 0.29) is 0 Å². The van der Waals surface area contributed by atoms with E-state index in [4.69, 9.17) is 0 Å². The number of hydrogen-bond acceptors (Lipinski definition) is 2. The van der Waals surface area contributed by atoms with Crippen LogP contribution >= 0.6 is 0 Å². The molecule has 0 aliphatic heterocycles. The molecule has 0 bridgehead atoms. The summed E-state index contributed by atoms with van der Waals surface area (Å²) in [5.41, 5.74) is 2.51. The van der Waals surface area contributed by atoms with Gasteiger partial charge in [0.1, 0.15) is 0 Å². The maximum atomic E-state index is 4.43. The Morgan fingerprint density at radius 1 is 1.29 bits per heavy atom. The van der Waals surface area contributed by atoms with E-state index in [1.165, 1.54) is 43.5 Å². The topological polar surface area (TPSA) is 24.9 Å². The second-order valence-corrected chi connectivity index (χ2v) is 5.74. The molecule has 2 nitrogen and oxygen atoms in total. The first-order chi connectivity index (χ1) is 8.34. The third kappa shape index (κ3) is 2.86. The van der Waals surface area contributed by atoms with Crippen molar-refractivity contribution in [2.75, 3.05) is 6.54 Å². The van der Waals surface area contributed by atoms with E-state index in [9.17, 15) is 0 Å². The molecule has 1 N–H and O–H groups in total. The molecule has 2 saturated carbocycles. The van der Waals surface area contributed by atoms with Crippen LogP contribution in [-0.2, 0) is 6.54 Å². The summed E-state index contributed by atoms with van der Waals surface area (Å²) < 4.78 is 0. The molecule has 1 heterocycles. The normalized spacial score (nSPS) is 19.9. The van der Waals surface area contributed by atoms with E-state index in [1.54, 1.807) is 0 Å². The Morgan fingerprint density at radius 2 is 2.00 bits per heavy atom. The molecule has 2 heteroatoms. The minimum Gasteiger partial charge on any atom is -0.311 e. The molecule has 0 spiro atoms. The lowest BCUT2D eigenvalue weighted by Crippen LogP contribution is -2.25. The van der Waals surface area contributed by atoms with Crippen LogP contribution in [0.2, 0.25) is 0 Å². The summed E-state index contributed by atoms with van der Waals surface area (Å²) in [6.45, 7) is 4.28. The van der Waals surface area contributed by atoms with Crippen molar-refractivity contribution in [1.82, 2.24) is 10.3 Å². The van der Waals surface area contributed by atoms with Gasteiger partial charge in [-0.1, -0.05) is 6.07 Å². The van der Waals surface area contributed by atoms with E-state index in [1.807, 2.05) is 12.3 Å². The first-order valence-corrected chi connectivity index (χ1v) is 6.96. The van der Waals surface area contributed by atoms with Crippen LogP contribution in [0.1, 0.15) is 36.9 Å². The minimum absolute atomic E-state index is 0.933. The standard InChI is InChI=1S/C15H22N2/c1-11-3-2-8-17-15(11)10-16-9-14(12-4-5-12)13-6-7-13/h2-3,8,12-14,16H,4-7,9-10H2,1H3. The van der Waals surface area contributed by atoms with Crippen molar-refractivity contribution in [2.45, 2.75) is 39.2 Å². The van der Waals surface area contributed by atoms with Crippen molar-refractivity contribution in [3.05, 3.63) is 29.6 Å². The monoisotopic (exact) mass is 230 g/mol. The molecule has 2 fully saturated rings. The van der Waals surface area contributed by atoms with Crippen molar-refractivity contribution in [3.63, 3.8) is 0 Å². The second-order valence-electron chi connectivity index (χ2n) is 5.74. The number of aryl methyl sites for hydroxylation is 1. The largest absolute Gasteiger partial charge is 0.311 e. The van der Waals surface area contributed by atoms with Gasteiger partial charge < -0.3 is 5.32 Å². The van der Waals surface area contributed by atoms with Crippen LogP contribution in [0.5, 0.6) is 0 Å². The number of hydrogen-bond donors (Lipinski definition) is 1. The number of nitrogens with one attached hydrogen (secondary N) is 1. The van der Waals surface area contributed by atoms with Crippen LogP contribution in [0, 0.1) is 24.7 Å². The van der Waals surface area contributed by atoms with E-state index >= 15 is 0 Å². The fourth-order valence-electron chi connectivity index (χ4n) is 2.83. The quantitative estimate of drug-likeness (QED) is 0.812. The average molecular weight is 230 g/mol. The molecule has 1 aromatic rings. The number of pyridine rings is 1. The first-order valence-electron chi connectivity index (χ1n) is 6.96. The van der Waals surface area contributed by atoms with E-state index in [0.29, 0.717) is 0 Å². The van der Waals surface area contributed by atoms with E-state index < -0.39 is 0 Å². The van der Waals surface area contributed by atoms with Crippen LogP contribution in [0.3, 0.4) is 0 Å². The van der Waals surface area contributed by atoms with Gasteiger partial charge in [-0.3, -0.25) is 4.98 Å². The molecule has 2 aliphatic carbocycles. The molecule has 0 saturated heterocycles. The Labute approximate surface area is 104 Å². The fourth-order valence-corrected chi connectivity index (χ4v) is 2.83. The van der Waals surface area contributed by atoms with Gasteiger partial charge >= 0.3 is 0 Å². The second kappa shape index (κ2) is 4.77. The summed E-state index contributed by atoms with van der Waals surface area (Å²) in [6, 6.07) is 4.15. The molecule has 0 aromatic carbocycles. The fraction of sp³-hybridized carbons (Fsp3) is 0.667. The smallest absolute Gasteiger partial charge is 0.0570 e. The molecule has 0 unspecified atom stereocenters. The Hall–Kier alpha value is -0.890. The number of aromatic nitrogens is 1. The molecule has 1 aromatic heterocycles. The summed E-state index contributed by atoms with van der Waals surface area (Å²) >= 11 is 0. The lowest BCUT2D eigenvalue weighted by Gasteiger charge is -2.16. The molecule has 3 rings (SSSR count). The highest BCUT2D eigenvalue weighted by Gasteiger charge is 2.40. The Balaban J connectivity index is 1.49. The molecule has 0 atom stereocenters. The molecule has 0 amide bonds. The van der Waals surface area contributed by atoms with E-state index in [2.05, 4.69) is 23.3 Å². The summed E-state index contributed by atoms with van der Waals surface area (Å²) in [5.74, 6) is 3.04. The molecule has 17 heavy (non-hydrogen) atoms. The first kappa shape index (κ1) is 11.2. The molecule has 92 valence electrons. The van der Waals surface area contributed by atoms with Gasteiger partial charge in [-0.2, -0.15) is 0 Å². The Kier molecular flexibility index (Phi) is 3.15. The summed E-state index contributed by atoms with van der Waals surface area (Å²) in [7, 11) is 0. The zero-order valence-electron chi connectivity index (χ0n) is 10.7. The average Bonchev–Trinajstić information content (AvgIpc) is 3.18. The minimum atomic E-state index is 0.933. The van der Waals surface area contributed by atoms with Gasteiger partial charge in [-0.05, 0) is 68.5 Å². The van der Waals surface area contributed by atoms with Gasteiger partial charge in [0.15, 0.2) is 0 Å². The number of nitrogens with zero attached hydrogens (tertiary/aromatic N) is 1.